The zero-order chi connectivity index (χ0) is 13.2. The number of rotatable bonds is 4. The maximum atomic E-state index is 7.60. The van der Waals surface area contributed by atoms with Crippen molar-refractivity contribution < 1.29 is 4.74 Å². The minimum Gasteiger partial charge on any atom is -0.382 e. The van der Waals surface area contributed by atoms with E-state index in [0.29, 0.717) is 23.5 Å². The van der Waals surface area contributed by atoms with Crippen molar-refractivity contribution in [3.05, 3.63) is 17.6 Å². The molecule has 0 radical (unpaired) electrons. The number of anilines is 1. The van der Waals surface area contributed by atoms with Gasteiger partial charge in [-0.05, 0) is 25.7 Å². The van der Waals surface area contributed by atoms with Gasteiger partial charge in [-0.3, -0.25) is 5.41 Å². The second kappa shape index (κ2) is 5.13. The zero-order valence-electron chi connectivity index (χ0n) is 10.9. The van der Waals surface area contributed by atoms with Crippen LogP contribution in [0.15, 0.2) is 6.20 Å². The van der Waals surface area contributed by atoms with Crippen LogP contribution in [0.2, 0.25) is 0 Å². The van der Waals surface area contributed by atoms with Gasteiger partial charge in [-0.25, -0.2) is 9.97 Å². The van der Waals surface area contributed by atoms with Gasteiger partial charge in [0.15, 0.2) is 5.82 Å². The average molecular weight is 261 g/mol. The molecule has 1 saturated heterocycles. The van der Waals surface area contributed by atoms with E-state index in [1.54, 1.807) is 6.20 Å². The van der Waals surface area contributed by atoms with Crippen molar-refractivity contribution >= 4 is 11.7 Å². The molecule has 0 aromatic carbocycles. The van der Waals surface area contributed by atoms with Crippen LogP contribution in [-0.2, 0) is 4.74 Å². The summed E-state index contributed by atoms with van der Waals surface area (Å²) >= 11 is 0. The third kappa shape index (κ3) is 2.84. The Morgan fingerprint density at radius 3 is 2.68 bits per heavy atom. The Morgan fingerprint density at radius 2 is 2.05 bits per heavy atom. The second-order valence-electron chi connectivity index (χ2n) is 5.21. The van der Waals surface area contributed by atoms with E-state index in [9.17, 15) is 0 Å². The zero-order valence-corrected chi connectivity index (χ0v) is 10.9. The standard InChI is InChI=1S/C13H19N5O/c14-12(15)11-13(17-9-3-5-19-6-4-9)18-10(7-16-11)8-1-2-8/h7-9H,1-6H2,(H3,14,15)(H,17,18). The smallest absolute Gasteiger partial charge is 0.156 e. The summed E-state index contributed by atoms with van der Waals surface area (Å²) in [6.07, 6.45) is 6.03. The molecule has 0 bridgehead atoms. The molecule has 6 heteroatoms. The normalized spacial score (nSPS) is 20.2. The molecule has 102 valence electrons. The molecule has 0 atom stereocenters. The van der Waals surface area contributed by atoms with Crippen LogP contribution in [0, 0.1) is 5.41 Å². The third-order valence-corrected chi connectivity index (χ3v) is 3.60. The van der Waals surface area contributed by atoms with Crippen LogP contribution in [-0.4, -0.2) is 35.1 Å². The van der Waals surface area contributed by atoms with Crippen LogP contribution < -0.4 is 11.1 Å². The van der Waals surface area contributed by atoms with E-state index < -0.39 is 0 Å². The molecule has 6 nitrogen and oxygen atoms in total. The molecule has 1 aromatic heterocycles. The fourth-order valence-corrected chi connectivity index (χ4v) is 2.31. The van der Waals surface area contributed by atoms with Gasteiger partial charge in [-0.1, -0.05) is 0 Å². The summed E-state index contributed by atoms with van der Waals surface area (Å²) in [6.45, 7) is 1.53. The fraction of sp³-hybridized carbons (Fsp3) is 0.615. The second-order valence-corrected chi connectivity index (χ2v) is 5.21. The highest BCUT2D eigenvalue weighted by molar-refractivity contribution is 5.97. The Kier molecular flexibility index (Phi) is 3.33. The van der Waals surface area contributed by atoms with Crippen LogP contribution in [0.1, 0.15) is 43.0 Å². The number of nitrogens with zero attached hydrogens (tertiary/aromatic N) is 2. The number of nitrogens with one attached hydrogen (secondary N) is 2. The maximum Gasteiger partial charge on any atom is 0.156 e. The summed E-state index contributed by atoms with van der Waals surface area (Å²) in [6, 6.07) is 0.329. The number of amidine groups is 1. The first-order chi connectivity index (χ1) is 9.24. The van der Waals surface area contributed by atoms with Gasteiger partial charge < -0.3 is 15.8 Å². The number of aromatic nitrogens is 2. The topological polar surface area (TPSA) is 96.9 Å². The van der Waals surface area contributed by atoms with Crippen molar-refractivity contribution in [2.45, 2.75) is 37.6 Å². The van der Waals surface area contributed by atoms with Gasteiger partial charge in [-0.15, -0.1) is 0 Å². The lowest BCUT2D eigenvalue weighted by molar-refractivity contribution is 0.0903. The average Bonchev–Trinajstić information content (AvgIpc) is 3.24. The number of nitrogen functional groups attached to an aromatic ring is 1. The first-order valence-electron chi connectivity index (χ1n) is 6.79. The first kappa shape index (κ1) is 12.3. The van der Waals surface area contributed by atoms with E-state index in [2.05, 4.69) is 15.3 Å². The van der Waals surface area contributed by atoms with Gasteiger partial charge in [0.1, 0.15) is 11.5 Å². The highest BCUT2D eigenvalue weighted by Gasteiger charge is 2.27. The summed E-state index contributed by atoms with van der Waals surface area (Å²) in [5, 5.41) is 11.0. The quantitative estimate of drug-likeness (QED) is 0.559. The molecule has 2 heterocycles. The van der Waals surface area contributed by atoms with Gasteiger partial charge in [0.2, 0.25) is 0 Å². The Hall–Kier alpha value is -1.69. The summed E-state index contributed by atoms with van der Waals surface area (Å²) in [4.78, 5) is 8.91. The van der Waals surface area contributed by atoms with E-state index in [0.717, 1.165) is 31.7 Å². The monoisotopic (exact) mass is 261 g/mol. The van der Waals surface area contributed by atoms with Crippen molar-refractivity contribution in [3.8, 4) is 0 Å². The highest BCUT2D eigenvalue weighted by atomic mass is 16.5. The molecule has 2 aliphatic rings. The predicted molar refractivity (Wildman–Crippen MR) is 72.5 cm³/mol. The van der Waals surface area contributed by atoms with Crippen molar-refractivity contribution in [1.29, 1.82) is 5.41 Å². The minimum atomic E-state index is -0.0376. The van der Waals surface area contributed by atoms with Crippen LogP contribution in [0.3, 0.4) is 0 Å². The molecule has 19 heavy (non-hydrogen) atoms. The van der Waals surface area contributed by atoms with Crippen molar-refractivity contribution in [3.63, 3.8) is 0 Å². The summed E-state index contributed by atoms with van der Waals surface area (Å²) in [5.41, 5.74) is 7.05. The molecule has 1 saturated carbocycles. The molecule has 3 rings (SSSR count). The molecule has 2 fully saturated rings. The van der Waals surface area contributed by atoms with Gasteiger partial charge in [0.05, 0.1) is 5.69 Å². The predicted octanol–water partition coefficient (Wildman–Crippen LogP) is 1.23. The van der Waals surface area contributed by atoms with Crippen LogP contribution >= 0.6 is 0 Å². The van der Waals surface area contributed by atoms with Crippen LogP contribution in [0.25, 0.3) is 0 Å². The number of hydrogen-bond donors (Lipinski definition) is 3. The summed E-state index contributed by atoms with van der Waals surface area (Å²) in [5.74, 6) is 1.16. The van der Waals surface area contributed by atoms with E-state index in [4.69, 9.17) is 15.9 Å². The van der Waals surface area contributed by atoms with E-state index in [1.807, 2.05) is 0 Å². The Labute approximate surface area is 112 Å². The first-order valence-corrected chi connectivity index (χ1v) is 6.79. The highest BCUT2D eigenvalue weighted by Crippen LogP contribution is 2.39. The molecule has 1 aromatic rings. The van der Waals surface area contributed by atoms with Gasteiger partial charge >= 0.3 is 0 Å². The molecule has 1 aliphatic heterocycles. The molecule has 0 unspecified atom stereocenters. The van der Waals surface area contributed by atoms with Crippen LogP contribution in [0.4, 0.5) is 5.82 Å². The van der Waals surface area contributed by atoms with Gasteiger partial charge in [-0.2, -0.15) is 0 Å². The third-order valence-electron chi connectivity index (χ3n) is 3.60. The lowest BCUT2D eigenvalue weighted by atomic mass is 10.1. The van der Waals surface area contributed by atoms with Crippen molar-refractivity contribution in [2.75, 3.05) is 18.5 Å². The lowest BCUT2D eigenvalue weighted by Gasteiger charge is -2.24. The Balaban J connectivity index is 1.82. The van der Waals surface area contributed by atoms with Gasteiger partial charge in [0.25, 0.3) is 0 Å². The minimum absolute atomic E-state index is 0.0376. The Bertz CT molecular complexity index is 480. The fourth-order valence-electron chi connectivity index (χ4n) is 2.31. The molecular formula is C13H19N5O. The number of nitrogens with two attached hydrogens (primary N) is 1. The number of ether oxygens (including phenoxy) is 1. The SMILES string of the molecule is N=C(N)c1ncc(C2CC2)nc1NC1CCOCC1. The van der Waals surface area contributed by atoms with Crippen molar-refractivity contribution in [2.24, 2.45) is 5.73 Å². The van der Waals surface area contributed by atoms with E-state index >= 15 is 0 Å². The molecule has 4 N–H and O–H groups in total. The lowest BCUT2D eigenvalue weighted by Crippen LogP contribution is -2.30. The van der Waals surface area contributed by atoms with Crippen molar-refractivity contribution in [1.82, 2.24) is 9.97 Å². The summed E-state index contributed by atoms with van der Waals surface area (Å²) in [7, 11) is 0. The largest absolute Gasteiger partial charge is 0.382 e. The molecule has 0 amide bonds. The maximum absolute atomic E-state index is 7.60. The van der Waals surface area contributed by atoms with Gasteiger partial charge in [0, 0.05) is 31.4 Å². The van der Waals surface area contributed by atoms with E-state index in [-0.39, 0.29) is 5.84 Å². The molecule has 1 aliphatic carbocycles. The molecule has 0 spiro atoms. The molecular weight excluding hydrogens is 242 g/mol. The van der Waals surface area contributed by atoms with E-state index in [1.165, 1.54) is 12.8 Å². The Morgan fingerprint density at radius 1 is 1.32 bits per heavy atom. The summed E-state index contributed by atoms with van der Waals surface area (Å²) < 4.78 is 5.34. The van der Waals surface area contributed by atoms with Crippen LogP contribution in [0.5, 0.6) is 0 Å². The number of hydrogen-bond acceptors (Lipinski definition) is 5.